The molecule has 8 nitrogen and oxygen atoms in total. The minimum Gasteiger partial charge on any atom is -0.598 e. The lowest BCUT2D eigenvalue weighted by molar-refractivity contribution is -0.123. The smallest absolute Gasteiger partial charge is 0.331 e. The number of carbonyl (C=O) groups is 2. The van der Waals surface area contributed by atoms with Gasteiger partial charge in [0.1, 0.15) is 18.0 Å². The summed E-state index contributed by atoms with van der Waals surface area (Å²) in [6, 6.07) is 0.717. The summed E-state index contributed by atoms with van der Waals surface area (Å²) in [4.78, 5) is 31.2. The topological polar surface area (TPSA) is 93.0 Å². The molecule has 0 radical (unpaired) electrons. The van der Waals surface area contributed by atoms with E-state index in [1.165, 1.54) is 18.0 Å². The molecule has 0 spiro atoms. The number of carbonyl (C=O) groups excluding carboxylic acids is 2. The number of halogens is 1. The molecule has 1 N–H and O–H groups in total. The van der Waals surface area contributed by atoms with Gasteiger partial charge in [-0.15, -0.1) is 4.72 Å². The highest BCUT2D eigenvalue weighted by molar-refractivity contribution is 7.90. The molecule has 1 fully saturated rings. The van der Waals surface area contributed by atoms with Gasteiger partial charge in [-0.25, -0.2) is 14.2 Å². The number of nitrogens with zero attached hydrogens (tertiary/aromatic N) is 4. The van der Waals surface area contributed by atoms with Gasteiger partial charge in [0.25, 0.3) is 0 Å². The normalized spacial score (nSPS) is 17.7. The number of imidazole rings is 1. The molecular formula is C18H24FN5O3S. The Bertz CT molecular complexity index is 926. The zero-order valence-corrected chi connectivity index (χ0v) is 17.3. The first-order chi connectivity index (χ1) is 13.0. The molecular weight excluding hydrogens is 385 g/mol. The van der Waals surface area contributed by atoms with Crippen molar-refractivity contribution in [1.29, 1.82) is 0 Å². The van der Waals surface area contributed by atoms with Crippen molar-refractivity contribution in [3.8, 4) is 0 Å². The second-order valence-corrected chi connectivity index (χ2v) is 9.80. The van der Waals surface area contributed by atoms with Gasteiger partial charge in [0.05, 0.1) is 17.4 Å². The van der Waals surface area contributed by atoms with Crippen molar-refractivity contribution in [3.05, 3.63) is 29.7 Å². The van der Waals surface area contributed by atoms with E-state index in [1.54, 1.807) is 16.8 Å². The fraction of sp³-hybridized carbons (Fsp3) is 0.500. The van der Waals surface area contributed by atoms with Crippen LogP contribution >= 0.6 is 0 Å². The Morgan fingerprint density at radius 3 is 2.57 bits per heavy atom. The van der Waals surface area contributed by atoms with Crippen LogP contribution in [0.2, 0.25) is 0 Å². The lowest BCUT2D eigenvalue weighted by Gasteiger charge is -2.25. The largest absolute Gasteiger partial charge is 0.598 e. The van der Waals surface area contributed by atoms with Gasteiger partial charge in [0.2, 0.25) is 5.91 Å². The third kappa shape index (κ3) is 3.71. The Kier molecular flexibility index (Phi) is 5.39. The van der Waals surface area contributed by atoms with Crippen molar-refractivity contribution in [3.63, 3.8) is 0 Å². The monoisotopic (exact) mass is 409 g/mol. The van der Waals surface area contributed by atoms with E-state index in [1.807, 2.05) is 27.7 Å². The summed E-state index contributed by atoms with van der Waals surface area (Å²) in [6.07, 6.45) is 3.30. The molecule has 10 heteroatoms. The number of amides is 3. The van der Waals surface area contributed by atoms with Crippen LogP contribution in [0.25, 0.3) is 5.65 Å². The number of pyridine rings is 1. The van der Waals surface area contributed by atoms with Gasteiger partial charge in [-0.1, -0.05) is 0 Å². The maximum absolute atomic E-state index is 13.4. The minimum absolute atomic E-state index is 0.120. The zero-order chi connectivity index (χ0) is 20.8. The van der Waals surface area contributed by atoms with Crippen molar-refractivity contribution in [2.24, 2.45) is 0 Å². The quantitative estimate of drug-likeness (QED) is 0.604. The number of imide groups is 1. The van der Waals surface area contributed by atoms with E-state index < -0.39 is 28.8 Å². The van der Waals surface area contributed by atoms with Crippen LogP contribution in [0.1, 0.15) is 45.0 Å². The van der Waals surface area contributed by atoms with Gasteiger partial charge >= 0.3 is 6.03 Å². The molecule has 3 heterocycles. The van der Waals surface area contributed by atoms with Crippen molar-refractivity contribution in [2.45, 2.75) is 45.2 Å². The second-order valence-electron chi connectivity index (χ2n) is 7.81. The van der Waals surface area contributed by atoms with Crippen LogP contribution in [0, 0.1) is 0 Å². The van der Waals surface area contributed by atoms with Gasteiger partial charge in [-0.2, -0.15) is 0 Å². The third-order valence-electron chi connectivity index (χ3n) is 4.52. The second kappa shape index (κ2) is 7.34. The Labute approximate surface area is 166 Å². The van der Waals surface area contributed by atoms with E-state index >= 15 is 0 Å². The molecule has 0 bridgehead atoms. The molecule has 152 valence electrons. The summed E-state index contributed by atoms with van der Waals surface area (Å²) in [7, 11) is 1.41. The van der Waals surface area contributed by atoms with E-state index in [4.69, 9.17) is 0 Å². The molecule has 0 saturated carbocycles. The summed E-state index contributed by atoms with van der Waals surface area (Å²) in [5.74, 6) is -0.337. The SMILES string of the molecule is C[C@@H](N[S+]([O-])C(C)(C)C)c1cn2cc(CF)cc(N3CC(=O)N(C)C3=O)c2n1. The number of aromatic nitrogens is 2. The van der Waals surface area contributed by atoms with Crippen LogP contribution in [-0.4, -0.2) is 49.1 Å². The van der Waals surface area contributed by atoms with Crippen LogP contribution < -0.4 is 9.62 Å². The Morgan fingerprint density at radius 1 is 1.36 bits per heavy atom. The predicted molar refractivity (Wildman–Crippen MR) is 105 cm³/mol. The number of likely N-dealkylation sites (N-methyl/N-ethyl adjacent to an activating group) is 1. The van der Waals surface area contributed by atoms with Crippen LogP contribution in [0.15, 0.2) is 18.5 Å². The van der Waals surface area contributed by atoms with Crippen LogP contribution in [0.5, 0.6) is 0 Å². The molecule has 1 aliphatic heterocycles. The number of urea groups is 1. The first kappa shape index (κ1) is 20.6. The average molecular weight is 409 g/mol. The molecule has 3 rings (SSSR count). The molecule has 2 aromatic heterocycles. The van der Waals surface area contributed by atoms with E-state index in [2.05, 4.69) is 9.71 Å². The van der Waals surface area contributed by atoms with Gasteiger partial charge in [-0.05, 0) is 33.8 Å². The van der Waals surface area contributed by atoms with Crippen LogP contribution in [-0.2, 0) is 22.8 Å². The maximum Gasteiger partial charge on any atom is 0.331 e. The Balaban J connectivity index is 2.01. The maximum atomic E-state index is 13.4. The molecule has 0 aliphatic carbocycles. The minimum atomic E-state index is -1.29. The lowest BCUT2D eigenvalue weighted by Crippen LogP contribution is -2.40. The molecule has 1 unspecified atom stereocenters. The zero-order valence-electron chi connectivity index (χ0n) is 16.5. The Morgan fingerprint density at radius 2 is 2.04 bits per heavy atom. The highest BCUT2D eigenvalue weighted by Crippen LogP contribution is 2.29. The molecule has 1 saturated heterocycles. The first-order valence-corrected chi connectivity index (χ1v) is 10.0. The van der Waals surface area contributed by atoms with E-state index in [9.17, 15) is 18.5 Å². The van der Waals surface area contributed by atoms with Crippen LogP contribution in [0.4, 0.5) is 14.9 Å². The van der Waals surface area contributed by atoms with Crippen molar-refractivity contribution < 1.29 is 18.5 Å². The van der Waals surface area contributed by atoms with Gasteiger partial charge in [0.15, 0.2) is 5.65 Å². The summed E-state index contributed by atoms with van der Waals surface area (Å²) >= 11 is -1.29. The molecule has 1 aliphatic rings. The summed E-state index contributed by atoms with van der Waals surface area (Å²) in [6.45, 7) is 6.59. The fourth-order valence-corrected chi connectivity index (χ4v) is 3.61. The first-order valence-electron chi connectivity index (χ1n) is 8.86. The average Bonchev–Trinajstić information content (AvgIpc) is 3.16. The fourth-order valence-electron chi connectivity index (χ4n) is 2.82. The van der Waals surface area contributed by atoms with Gasteiger partial charge in [-0.3, -0.25) is 14.6 Å². The summed E-state index contributed by atoms with van der Waals surface area (Å²) < 4.78 is 30.0. The summed E-state index contributed by atoms with van der Waals surface area (Å²) in [5, 5.41) is 0. The van der Waals surface area contributed by atoms with Gasteiger partial charge in [0, 0.05) is 36.4 Å². The molecule has 3 amide bonds. The highest BCUT2D eigenvalue weighted by Gasteiger charge is 2.36. The molecule has 0 aromatic carbocycles. The highest BCUT2D eigenvalue weighted by atomic mass is 32.2. The number of fused-ring (bicyclic) bond motifs is 1. The van der Waals surface area contributed by atoms with E-state index in [-0.39, 0.29) is 18.5 Å². The van der Waals surface area contributed by atoms with Crippen LogP contribution in [0.3, 0.4) is 0 Å². The number of anilines is 1. The molecule has 28 heavy (non-hydrogen) atoms. The number of alkyl halides is 1. The van der Waals surface area contributed by atoms with Gasteiger partial charge < -0.3 is 8.95 Å². The lowest BCUT2D eigenvalue weighted by atomic mass is 10.2. The number of hydrogen-bond acceptors (Lipinski definition) is 5. The molecule has 2 aromatic rings. The summed E-state index contributed by atoms with van der Waals surface area (Å²) in [5.41, 5.74) is 1.76. The van der Waals surface area contributed by atoms with Crippen molar-refractivity contribution in [1.82, 2.24) is 19.0 Å². The number of nitrogens with one attached hydrogen (secondary N) is 1. The van der Waals surface area contributed by atoms with E-state index in [0.717, 1.165) is 4.90 Å². The van der Waals surface area contributed by atoms with E-state index in [0.29, 0.717) is 22.6 Å². The predicted octanol–water partition coefficient (Wildman–Crippen LogP) is 2.32. The van der Waals surface area contributed by atoms with Crippen molar-refractivity contribution >= 4 is 34.6 Å². The number of hydrogen-bond donors (Lipinski definition) is 1. The Hall–Kier alpha value is -2.17. The molecule has 2 atom stereocenters. The number of rotatable bonds is 5. The third-order valence-corrected chi connectivity index (χ3v) is 6.20. The van der Waals surface area contributed by atoms with Crippen molar-refractivity contribution in [2.75, 3.05) is 18.5 Å². The standard InChI is InChI=1S/C18H24FN5O3S/c1-11(21-28(27)18(2,3)4)13-9-23-8-12(7-19)6-14(16(23)20-13)24-10-15(25)22(5)17(24)26/h6,8-9,11,21H,7,10H2,1-5H3/t11-,28?/m1/s1.